The van der Waals surface area contributed by atoms with Crippen LogP contribution in [0.1, 0.15) is 15.9 Å². The van der Waals surface area contributed by atoms with E-state index in [0.29, 0.717) is 16.9 Å². The standard InChI is InChI=1S/C19H22BrN3O4S/c1-13-11-15(7-10-17(13)20)21-18(24)12-23(28(4,26)27)16-8-5-14(6-9-16)19(25)22(2)3/h5-11H,12H2,1-4H3,(H,21,24). The van der Waals surface area contributed by atoms with Gasteiger partial charge in [-0.05, 0) is 55.0 Å². The van der Waals surface area contributed by atoms with Crippen LogP contribution in [0.2, 0.25) is 0 Å². The van der Waals surface area contributed by atoms with Crippen molar-refractivity contribution in [2.24, 2.45) is 0 Å². The van der Waals surface area contributed by atoms with Crippen LogP contribution in [0.4, 0.5) is 11.4 Å². The number of carbonyl (C=O) groups excluding carboxylic acids is 2. The predicted molar refractivity (Wildman–Crippen MR) is 114 cm³/mol. The first kappa shape index (κ1) is 21.9. The van der Waals surface area contributed by atoms with Crippen molar-refractivity contribution in [2.45, 2.75) is 6.92 Å². The molecule has 0 radical (unpaired) electrons. The molecule has 0 unspecified atom stereocenters. The molecule has 2 rings (SSSR count). The van der Waals surface area contributed by atoms with E-state index in [1.807, 2.05) is 6.92 Å². The summed E-state index contributed by atoms with van der Waals surface area (Å²) in [6, 6.07) is 11.4. The van der Waals surface area contributed by atoms with Crippen molar-refractivity contribution in [2.75, 3.05) is 36.5 Å². The van der Waals surface area contributed by atoms with E-state index < -0.39 is 15.9 Å². The molecule has 150 valence electrons. The Morgan fingerprint density at radius 1 is 1.07 bits per heavy atom. The third kappa shape index (κ3) is 5.56. The lowest BCUT2D eigenvalue weighted by Crippen LogP contribution is -2.37. The van der Waals surface area contributed by atoms with Gasteiger partial charge in [0.2, 0.25) is 15.9 Å². The van der Waals surface area contributed by atoms with Gasteiger partial charge in [0.1, 0.15) is 6.54 Å². The van der Waals surface area contributed by atoms with Crippen LogP contribution in [0.25, 0.3) is 0 Å². The van der Waals surface area contributed by atoms with E-state index in [1.165, 1.54) is 29.2 Å². The third-order valence-corrected chi connectivity index (χ3v) is 5.97. The molecular weight excluding hydrogens is 446 g/mol. The van der Waals surface area contributed by atoms with Crippen LogP contribution in [0.5, 0.6) is 0 Å². The number of amides is 2. The molecule has 0 heterocycles. The lowest BCUT2D eigenvalue weighted by atomic mass is 10.2. The van der Waals surface area contributed by atoms with Crippen molar-refractivity contribution in [1.29, 1.82) is 0 Å². The Bertz CT molecular complexity index is 989. The number of rotatable bonds is 6. The fourth-order valence-electron chi connectivity index (χ4n) is 2.48. The Morgan fingerprint density at radius 3 is 2.18 bits per heavy atom. The summed E-state index contributed by atoms with van der Waals surface area (Å²) < 4.78 is 26.3. The molecule has 2 aromatic rings. The fourth-order valence-corrected chi connectivity index (χ4v) is 3.58. The minimum Gasteiger partial charge on any atom is -0.345 e. The summed E-state index contributed by atoms with van der Waals surface area (Å²) in [7, 11) is -0.436. The van der Waals surface area contributed by atoms with Crippen LogP contribution < -0.4 is 9.62 Å². The molecule has 0 aliphatic heterocycles. The molecule has 0 aromatic heterocycles. The van der Waals surface area contributed by atoms with Gasteiger partial charge in [-0.1, -0.05) is 15.9 Å². The summed E-state index contributed by atoms with van der Waals surface area (Å²) in [6.45, 7) is 1.51. The molecular formula is C19H22BrN3O4S. The van der Waals surface area contributed by atoms with Gasteiger partial charge in [-0.25, -0.2) is 8.42 Å². The smallest absolute Gasteiger partial charge is 0.253 e. The van der Waals surface area contributed by atoms with Crippen molar-refractivity contribution in [1.82, 2.24) is 4.90 Å². The second kappa shape index (κ2) is 8.74. The number of sulfonamides is 1. The highest BCUT2D eigenvalue weighted by atomic mass is 79.9. The lowest BCUT2D eigenvalue weighted by Gasteiger charge is -2.22. The number of hydrogen-bond acceptors (Lipinski definition) is 4. The zero-order chi connectivity index (χ0) is 21.1. The van der Waals surface area contributed by atoms with E-state index >= 15 is 0 Å². The molecule has 0 spiro atoms. The Morgan fingerprint density at radius 2 is 1.68 bits per heavy atom. The number of halogens is 1. The van der Waals surface area contributed by atoms with E-state index in [-0.39, 0.29) is 12.5 Å². The fraction of sp³-hybridized carbons (Fsp3) is 0.263. The minimum atomic E-state index is -3.70. The Labute approximate surface area is 173 Å². The quantitative estimate of drug-likeness (QED) is 0.707. The molecule has 0 saturated heterocycles. The predicted octanol–water partition coefficient (Wildman–Crippen LogP) is 2.86. The number of nitrogens with zero attached hydrogens (tertiary/aromatic N) is 2. The molecule has 0 bridgehead atoms. The first-order chi connectivity index (χ1) is 13.0. The highest BCUT2D eigenvalue weighted by Crippen LogP contribution is 2.21. The molecule has 1 N–H and O–H groups in total. The van der Waals surface area contributed by atoms with Gasteiger partial charge in [0, 0.05) is 29.8 Å². The van der Waals surface area contributed by atoms with Crippen LogP contribution in [0.3, 0.4) is 0 Å². The number of anilines is 2. The third-order valence-electron chi connectivity index (χ3n) is 3.94. The van der Waals surface area contributed by atoms with Crippen molar-refractivity contribution in [3.63, 3.8) is 0 Å². The summed E-state index contributed by atoms with van der Waals surface area (Å²) >= 11 is 3.39. The maximum atomic E-state index is 12.4. The SMILES string of the molecule is Cc1cc(NC(=O)CN(c2ccc(C(=O)N(C)C)cc2)S(C)(=O)=O)ccc1Br. The Hall–Kier alpha value is -2.39. The molecule has 28 heavy (non-hydrogen) atoms. The molecule has 0 aliphatic rings. The molecule has 9 heteroatoms. The zero-order valence-corrected chi connectivity index (χ0v) is 18.5. The van der Waals surface area contributed by atoms with E-state index in [2.05, 4.69) is 21.2 Å². The van der Waals surface area contributed by atoms with Gasteiger partial charge in [-0.15, -0.1) is 0 Å². The first-order valence-corrected chi connectivity index (χ1v) is 11.0. The second-order valence-corrected chi connectivity index (χ2v) is 9.29. The largest absolute Gasteiger partial charge is 0.345 e. The molecule has 0 atom stereocenters. The molecule has 0 saturated carbocycles. The van der Waals surface area contributed by atoms with Crippen LogP contribution >= 0.6 is 15.9 Å². The van der Waals surface area contributed by atoms with Gasteiger partial charge >= 0.3 is 0 Å². The average Bonchev–Trinajstić information content (AvgIpc) is 2.61. The van der Waals surface area contributed by atoms with Crippen molar-refractivity contribution in [3.8, 4) is 0 Å². The summed E-state index contributed by atoms with van der Waals surface area (Å²) in [5.74, 6) is -0.665. The second-order valence-electron chi connectivity index (χ2n) is 6.53. The Kier molecular flexibility index (Phi) is 6.84. The molecule has 2 amide bonds. The van der Waals surface area contributed by atoms with Crippen LogP contribution in [-0.4, -0.2) is 52.0 Å². The van der Waals surface area contributed by atoms with E-state index in [4.69, 9.17) is 0 Å². The normalized spacial score (nSPS) is 11.0. The highest BCUT2D eigenvalue weighted by molar-refractivity contribution is 9.10. The van der Waals surface area contributed by atoms with Gasteiger partial charge in [0.15, 0.2) is 0 Å². The van der Waals surface area contributed by atoms with Gasteiger partial charge in [0.25, 0.3) is 5.91 Å². The molecule has 0 fully saturated rings. The number of aryl methyl sites for hydroxylation is 1. The van der Waals surface area contributed by atoms with Gasteiger partial charge < -0.3 is 10.2 Å². The monoisotopic (exact) mass is 467 g/mol. The van der Waals surface area contributed by atoms with E-state index in [0.717, 1.165) is 20.6 Å². The van der Waals surface area contributed by atoms with Crippen molar-refractivity contribution < 1.29 is 18.0 Å². The van der Waals surface area contributed by atoms with Crippen LogP contribution in [-0.2, 0) is 14.8 Å². The van der Waals surface area contributed by atoms with Gasteiger partial charge in [-0.3, -0.25) is 13.9 Å². The maximum Gasteiger partial charge on any atom is 0.253 e. The van der Waals surface area contributed by atoms with E-state index in [1.54, 1.807) is 32.3 Å². The zero-order valence-electron chi connectivity index (χ0n) is 16.1. The Balaban J connectivity index is 2.21. The highest BCUT2D eigenvalue weighted by Gasteiger charge is 2.21. The minimum absolute atomic E-state index is 0.194. The number of hydrogen-bond donors (Lipinski definition) is 1. The summed E-state index contributed by atoms with van der Waals surface area (Å²) in [6.07, 6.45) is 1.03. The maximum absolute atomic E-state index is 12.4. The van der Waals surface area contributed by atoms with E-state index in [9.17, 15) is 18.0 Å². The number of carbonyl (C=O) groups is 2. The van der Waals surface area contributed by atoms with Crippen LogP contribution in [0, 0.1) is 6.92 Å². The topological polar surface area (TPSA) is 86.8 Å². The average molecular weight is 468 g/mol. The summed E-state index contributed by atoms with van der Waals surface area (Å²) in [5.41, 5.74) is 2.25. The van der Waals surface area contributed by atoms with Gasteiger partial charge in [-0.2, -0.15) is 0 Å². The van der Waals surface area contributed by atoms with Crippen molar-refractivity contribution in [3.05, 3.63) is 58.1 Å². The molecule has 0 aliphatic carbocycles. The van der Waals surface area contributed by atoms with Crippen molar-refractivity contribution >= 4 is 49.1 Å². The molecule has 7 nitrogen and oxygen atoms in total. The molecule has 2 aromatic carbocycles. The van der Waals surface area contributed by atoms with Crippen LogP contribution in [0.15, 0.2) is 46.9 Å². The summed E-state index contributed by atoms with van der Waals surface area (Å²) in [4.78, 5) is 25.8. The number of nitrogens with one attached hydrogen (secondary N) is 1. The summed E-state index contributed by atoms with van der Waals surface area (Å²) in [5, 5.41) is 2.70. The van der Waals surface area contributed by atoms with Gasteiger partial charge in [0.05, 0.1) is 11.9 Å². The number of benzene rings is 2. The first-order valence-electron chi connectivity index (χ1n) is 8.34. The lowest BCUT2D eigenvalue weighted by molar-refractivity contribution is -0.114.